The summed E-state index contributed by atoms with van der Waals surface area (Å²) in [4.78, 5) is 2.23. The van der Waals surface area contributed by atoms with Crippen LogP contribution in [0.1, 0.15) is 56.7 Å². The van der Waals surface area contributed by atoms with Gasteiger partial charge in [-0.25, -0.2) is 0 Å². The van der Waals surface area contributed by atoms with Crippen molar-refractivity contribution >= 4 is 0 Å². The van der Waals surface area contributed by atoms with Gasteiger partial charge in [-0.2, -0.15) is 0 Å². The number of methoxy groups -OCH3 is 2. The molecule has 3 heteroatoms. The van der Waals surface area contributed by atoms with Crippen molar-refractivity contribution in [1.82, 2.24) is 4.90 Å². The summed E-state index contributed by atoms with van der Waals surface area (Å²) >= 11 is 0. The highest BCUT2D eigenvalue weighted by Crippen LogP contribution is 2.35. The first-order valence-electron chi connectivity index (χ1n) is 7.96. The average molecular weight is 293 g/mol. The fraction of sp³-hybridized carbons (Fsp3) is 0.667. The van der Waals surface area contributed by atoms with Gasteiger partial charge in [0, 0.05) is 6.04 Å². The summed E-state index contributed by atoms with van der Waals surface area (Å²) in [6.45, 7) is 4.48. The Bertz CT molecular complexity index is 429. The summed E-state index contributed by atoms with van der Waals surface area (Å²) in [6.07, 6.45) is 6.21. The van der Waals surface area contributed by atoms with Crippen molar-refractivity contribution < 1.29 is 9.47 Å². The molecule has 0 radical (unpaired) electrons. The number of unbranched alkanes of at least 4 members (excludes halogenated alkanes) is 3. The van der Waals surface area contributed by atoms with E-state index in [2.05, 4.69) is 45.0 Å². The van der Waals surface area contributed by atoms with Crippen molar-refractivity contribution in [2.45, 2.75) is 52.0 Å². The van der Waals surface area contributed by atoms with Gasteiger partial charge in [0.05, 0.1) is 14.2 Å². The van der Waals surface area contributed by atoms with E-state index in [4.69, 9.17) is 9.47 Å². The zero-order chi connectivity index (χ0) is 15.8. The molecule has 120 valence electrons. The maximum absolute atomic E-state index is 5.46. The molecule has 0 heterocycles. The third kappa shape index (κ3) is 4.92. The molecule has 21 heavy (non-hydrogen) atoms. The van der Waals surface area contributed by atoms with E-state index in [1.807, 2.05) is 0 Å². The Hall–Kier alpha value is -1.22. The molecule has 3 nitrogen and oxygen atoms in total. The van der Waals surface area contributed by atoms with Crippen LogP contribution in [0.3, 0.4) is 0 Å². The van der Waals surface area contributed by atoms with Crippen LogP contribution >= 0.6 is 0 Å². The van der Waals surface area contributed by atoms with E-state index in [9.17, 15) is 0 Å². The number of rotatable bonds is 9. The van der Waals surface area contributed by atoms with Crippen molar-refractivity contribution in [2.24, 2.45) is 0 Å². The van der Waals surface area contributed by atoms with E-state index in [0.717, 1.165) is 17.9 Å². The van der Waals surface area contributed by atoms with Gasteiger partial charge in [0.25, 0.3) is 0 Å². The number of benzene rings is 1. The first kappa shape index (κ1) is 17.8. The van der Waals surface area contributed by atoms with Crippen molar-refractivity contribution in [3.05, 3.63) is 23.3 Å². The number of aryl methyl sites for hydroxylation is 1. The first-order chi connectivity index (χ1) is 10.0. The molecule has 1 atom stereocenters. The third-order valence-electron chi connectivity index (χ3n) is 4.17. The van der Waals surface area contributed by atoms with Crippen LogP contribution in [0.25, 0.3) is 0 Å². The molecule has 0 saturated heterocycles. The molecule has 0 unspecified atom stereocenters. The SMILES string of the molecule is CCCCCCc1cc(OC)c(OC)cc1[C@@H](C)N(C)C. The minimum absolute atomic E-state index is 0.367. The molecule has 1 aromatic rings. The van der Waals surface area contributed by atoms with Gasteiger partial charge in [-0.15, -0.1) is 0 Å². The Morgan fingerprint density at radius 3 is 2.14 bits per heavy atom. The lowest BCUT2D eigenvalue weighted by Crippen LogP contribution is -2.18. The smallest absolute Gasteiger partial charge is 0.161 e. The molecule has 1 rings (SSSR count). The Kier molecular flexibility index (Phi) is 7.58. The second-order valence-corrected chi connectivity index (χ2v) is 5.86. The second-order valence-electron chi connectivity index (χ2n) is 5.86. The molecule has 0 N–H and O–H groups in total. The summed E-state index contributed by atoms with van der Waals surface area (Å²) in [7, 11) is 7.63. The monoisotopic (exact) mass is 293 g/mol. The van der Waals surface area contributed by atoms with Crippen LogP contribution < -0.4 is 9.47 Å². The van der Waals surface area contributed by atoms with Crippen LogP contribution in [0, 0.1) is 0 Å². The highest BCUT2D eigenvalue weighted by atomic mass is 16.5. The van der Waals surface area contributed by atoms with E-state index in [-0.39, 0.29) is 0 Å². The molecule has 0 aliphatic rings. The Balaban J connectivity index is 3.05. The predicted molar refractivity (Wildman–Crippen MR) is 89.5 cm³/mol. The zero-order valence-electron chi connectivity index (χ0n) is 14.5. The van der Waals surface area contributed by atoms with Crippen LogP contribution in [-0.2, 0) is 6.42 Å². The largest absolute Gasteiger partial charge is 0.493 e. The minimum Gasteiger partial charge on any atom is -0.493 e. The number of ether oxygens (including phenoxy) is 2. The number of nitrogens with zero attached hydrogens (tertiary/aromatic N) is 1. The number of hydrogen-bond acceptors (Lipinski definition) is 3. The predicted octanol–water partition coefficient (Wildman–Crippen LogP) is 4.45. The summed E-state index contributed by atoms with van der Waals surface area (Å²) < 4.78 is 10.9. The van der Waals surface area contributed by atoms with E-state index in [0.29, 0.717) is 6.04 Å². The van der Waals surface area contributed by atoms with Crippen molar-refractivity contribution in [1.29, 1.82) is 0 Å². The van der Waals surface area contributed by atoms with Gasteiger partial charge in [-0.1, -0.05) is 26.2 Å². The van der Waals surface area contributed by atoms with Gasteiger partial charge in [-0.05, 0) is 57.1 Å². The molecule has 1 aromatic carbocycles. The Labute approximate surface area is 130 Å². The molecule has 0 aromatic heterocycles. The van der Waals surface area contributed by atoms with E-state index in [1.54, 1.807) is 14.2 Å². The lowest BCUT2D eigenvalue weighted by molar-refractivity contribution is 0.315. The summed E-state index contributed by atoms with van der Waals surface area (Å²) in [6, 6.07) is 4.66. The molecule has 0 aliphatic carbocycles. The lowest BCUT2D eigenvalue weighted by Gasteiger charge is -2.24. The fourth-order valence-electron chi connectivity index (χ4n) is 2.56. The third-order valence-corrected chi connectivity index (χ3v) is 4.17. The second kappa shape index (κ2) is 8.93. The van der Waals surface area contributed by atoms with Crippen LogP contribution in [-0.4, -0.2) is 33.2 Å². The normalized spacial score (nSPS) is 12.5. The molecular formula is C18H31NO2. The highest BCUT2D eigenvalue weighted by Gasteiger charge is 2.17. The molecule has 0 aliphatic heterocycles. The standard InChI is InChI=1S/C18H31NO2/c1-7-8-9-10-11-15-12-17(20-5)18(21-6)13-16(15)14(2)19(3)4/h12-14H,7-11H2,1-6H3/t14-/m1/s1. The van der Waals surface area contributed by atoms with E-state index < -0.39 is 0 Å². The molecule has 0 fully saturated rings. The van der Waals surface area contributed by atoms with Gasteiger partial charge in [0.2, 0.25) is 0 Å². The molecule has 0 amide bonds. The zero-order valence-corrected chi connectivity index (χ0v) is 14.5. The fourth-order valence-corrected chi connectivity index (χ4v) is 2.56. The van der Waals surface area contributed by atoms with Gasteiger partial charge in [0.15, 0.2) is 11.5 Å². The summed E-state index contributed by atoms with van der Waals surface area (Å²) in [5.41, 5.74) is 2.72. The van der Waals surface area contributed by atoms with Gasteiger partial charge in [0.1, 0.15) is 0 Å². The van der Waals surface area contributed by atoms with Gasteiger partial charge >= 0.3 is 0 Å². The van der Waals surface area contributed by atoms with Crippen LogP contribution in [0.15, 0.2) is 12.1 Å². The topological polar surface area (TPSA) is 21.7 Å². The van der Waals surface area contributed by atoms with Gasteiger partial charge in [-0.3, -0.25) is 0 Å². The van der Waals surface area contributed by atoms with E-state index in [1.165, 1.54) is 36.8 Å². The summed E-state index contributed by atoms with van der Waals surface area (Å²) in [5.74, 6) is 1.65. The average Bonchev–Trinajstić information content (AvgIpc) is 2.49. The highest BCUT2D eigenvalue weighted by molar-refractivity contribution is 5.48. The summed E-state index contributed by atoms with van der Waals surface area (Å²) in [5, 5.41) is 0. The minimum atomic E-state index is 0.367. The molecule has 0 spiro atoms. The van der Waals surface area contributed by atoms with Crippen molar-refractivity contribution in [2.75, 3.05) is 28.3 Å². The van der Waals surface area contributed by atoms with Crippen LogP contribution in [0.5, 0.6) is 11.5 Å². The maximum Gasteiger partial charge on any atom is 0.161 e. The molecular weight excluding hydrogens is 262 g/mol. The maximum atomic E-state index is 5.46. The molecule has 0 saturated carbocycles. The molecule has 0 bridgehead atoms. The quantitative estimate of drug-likeness (QED) is 0.628. The van der Waals surface area contributed by atoms with Crippen molar-refractivity contribution in [3.63, 3.8) is 0 Å². The van der Waals surface area contributed by atoms with Crippen LogP contribution in [0.4, 0.5) is 0 Å². The van der Waals surface area contributed by atoms with Crippen LogP contribution in [0.2, 0.25) is 0 Å². The Morgan fingerprint density at radius 1 is 1.00 bits per heavy atom. The number of hydrogen-bond donors (Lipinski definition) is 0. The lowest BCUT2D eigenvalue weighted by atomic mass is 9.95. The Morgan fingerprint density at radius 2 is 1.62 bits per heavy atom. The van der Waals surface area contributed by atoms with Gasteiger partial charge < -0.3 is 14.4 Å². The van der Waals surface area contributed by atoms with E-state index >= 15 is 0 Å². The van der Waals surface area contributed by atoms with Crippen molar-refractivity contribution in [3.8, 4) is 11.5 Å². The first-order valence-corrected chi connectivity index (χ1v) is 7.96.